The van der Waals surface area contributed by atoms with Crippen molar-refractivity contribution in [1.82, 2.24) is 14.9 Å². The summed E-state index contributed by atoms with van der Waals surface area (Å²) in [5.41, 5.74) is 4.37. The zero-order valence-corrected chi connectivity index (χ0v) is 37.9. The highest BCUT2D eigenvalue weighted by Crippen LogP contribution is 2.38. The van der Waals surface area contributed by atoms with Crippen LogP contribution in [-0.4, -0.2) is 125 Å². The number of nitrogens with one attached hydrogen (secondary N) is 1. The molecule has 2 amide bonds. The Morgan fingerprint density at radius 3 is 1.61 bits per heavy atom. The maximum Gasteiger partial charge on any atom is 0.376 e. The molecule has 19 heteroatoms. The summed E-state index contributed by atoms with van der Waals surface area (Å²) in [4.78, 5) is 34.6. The van der Waals surface area contributed by atoms with Crippen LogP contribution in [0.5, 0.6) is 23.0 Å². The highest BCUT2D eigenvalue weighted by molar-refractivity contribution is 9.10. The van der Waals surface area contributed by atoms with Crippen LogP contribution in [0.15, 0.2) is 77.3 Å². The fourth-order valence-corrected chi connectivity index (χ4v) is 8.54. The van der Waals surface area contributed by atoms with Gasteiger partial charge in [0.15, 0.2) is 13.2 Å². The molecule has 0 bridgehead atoms. The summed E-state index contributed by atoms with van der Waals surface area (Å²) in [6.45, 7) is 11.6. The molecule has 4 aliphatic rings. The summed E-state index contributed by atoms with van der Waals surface area (Å²) in [6.07, 6.45) is 0. The first-order chi connectivity index (χ1) is 29.3. The minimum Gasteiger partial charge on any atom is -0.497 e. The van der Waals surface area contributed by atoms with E-state index in [1.807, 2.05) is 66.2 Å². The highest BCUT2D eigenvalue weighted by atomic mass is 79.9. The molecule has 14 nitrogen and oxygen atoms in total. The Hall–Kier alpha value is -4.19. The van der Waals surface area contributed by atoms with Crippen molar-refractivity contribution in [3.63, 3.8) is 0 Å². The van der Waals surface area contributed by atoms with Crippen LogP contribution in [0.1, 0.15) is 11.1 Å². The third kappa shape index (κ3) is 12.5. The Morgan fingerprint density at radius 1 is 0.672 bits per heavy atom. The Morgan fingerprint density at radius 2 is 1.15 bits per heavy atom. The molecule has 0 unspecified atom stereocenters. The number of hydrogen-bond acceptors (Lipinski definition) is 12. The molecule has 4 heterocycles. The average molecular weight is 940 g/mol. The number of anilines is 3. The average Bonchev–Trinajstić information content (AvgIpc) is 3.25. The van der Waals surface area contributed by atoms with Gasteiger partial charge in [0.25, 0.3) is 11.8 Å². The van der Waals surface area contributed by atoms with Gasteiger partial charge in [-0.3, -0.25) is 9.59 Å². The van der Waals surface area contributed by atoms with Crippen molar-refractivity contribution in [1.29, 1.82) is 0 Å². The number of halogens is 3. The zero-order chi connectivity index (χ0) is 43.6. The van der Waals surface area contributed by atoms with Gasteiger partial charge in [0, 0.05) is 84.7 Å². The van der Waals surface area contributed by atoms with Gasteiger partial charge in [-0.05, 0) is 85.4 Å². The van der Waals surface area contributed by atoms with Crippen molar-refractivity contribution in [2.24, 2.45) is 0 Å². The lowest BCUT2D eigenvalue weighted by molar-refractivity contribution is -0.122. The van der Waals surface area contributed by atoms with Crippen LogP contribution in [-0.2, 0) is 22.7 Å². The smallest absolute Gasteiger partial charge is 0.376 e. The molecule has 2 saturated heterocycles. The SMILES string of the molecule is CB(O)N1CCNCC1.COc1ccc2c(c1)OCC(=O)N2Cc1cc(Cl)cc(Br)c1.COc1ccc2c(c1)OCC(=O)N2Cc1cc(Cl)cc(N2CCN(B(C)O)CC2)c1. The third-order valence-electron chi connectivity index (χ3n) is 10.7. The molecular weight excluding hydrogens is 889 g/mol. The van der Waals surface area contributed by atoms with Crippen LogP contribution in [0.3, 0.4) is 0 Å². The van der Waals surface area contributed by atoms with E-state index in [0.717, 1.165) is 85.0 Å². The number of nitrogens with zero attached hydrogens (tertiary/aromatic N) is 5. The molecule has 0 atom stereocenters. The van der Waals surface area contributed by atoms with E-state index in [2.05, 4.69) is 37.0 Å². The van der Waals surface area contributed by atoms with E-state index in [4.69, 9.17) is 47.2 Å². The van der Waals surface area contributed by atoms with Crippen LogP contribution >= 0.6 is 39.1 Å². The van der Waals surface area contributed by atoms with Gasteiger partial charge in [-0.25, -0.2) is 0 Å². The van der Waals surface area contributed by atoms with Crippen LogP contribution in [0.25, 0.3) is 0 Å². The molecule has 4 aromatic rings. The second-order valence-electron chi connectivity index (χ2n) is 14.9. The molecule has 8 rings (SSSR count). The minimum absolute atomic E-state index is 0.00507. The predicted octanol–water partition coefficient (Wildman–Crippen LogP) is 5.55. The minimum atomic E-state index is -0.437. The summed E-state index contributed by atoms with van der Waals surface area (Å²) in [5.74, 6) is 2.46. The van der Waals surface area contributed by atoms with E-state index in [9.17, 15) is 14.6 Å². The summed E-state index contributed by atoms with van der Waals surface area (Å²) in [5, 5.41) is 23.3. The molecule has 0 spiro atoms. The van der Waals surface area contributed by atoms with Crippen molar-refractivity contribution in [3.05, 3.63) is 98.4 Å². The fourth-order valence-electron chi connectivity index (χ4n) is 7.35. The van der Waals surface area contributed by atoms with Gasteiger partial charge < -0.3 is 58.6 Å². The van der Waals surface area contributed by atoms with Gasteiger partial charge >= 0.3 is 14.1 Å². The number of methoxy groups -OCH3 is 2. The number of carbonyl (C=O) groups is 2. The van der Waals surface area contributed by atoms with E-state index >= 15 is 0 Å². The molecule has 0 saturated carbocycles. The monoisotopic (exact) mass is 938 g/mol. The number of ether oxygens (including phenoxy) is 4. The van der Waals surface area contributed by atoms with E-state index in [1.54, 1.807) is 43.0 Å². The van der Waals surface area contributed by atoms with Crippen LogP contribution in [0.2, 0.25) is 23.7 Å². The molecule has 61 heavy (non-hydrogen) atoms. The number of amides is 2. The standard InChI is InChI=1S/C21H25BClN3O4.C16H13BrClNO3.C5H13BN2O/c1-22(28)25-7-5-24(6-8-25)17-10-15(9-16(23)11-17)13-26-19-4-3-18(29-2)12-20(19)30-14-21(26)27;1-21-13-2-3-14-15(7-13)22-9-16(20)19(14)8-10-4-11(17)6-12(18)5-10;1-6(9)8-4-2-7-3-5-8/h3-4,9-12,28H,5-8,13-14H2,1-2H3;2-7H,8-9H2,1H3;7,9H,2-5H2,1H3. The number of hydrogen-bond donors (Lipinski definition) is 3. The summed E-state index contributed by atoms with van der Waals surface area (Å²) < 4.78 is 22.4. The van der Waals surface area contributed by atoms with E-state index in [-0.39, 0.29) is 32.1 Å². The first kappa shape index (κ1) is 46.3. The maximum atomic E-state index is 12.6. The van der Waals surface area contributed by atoms with E-state index < -0.39 is 7.05 Å². The second-order valence-corrected chi connectivity index (χ2v) is 16.7. The molecule has 2 fully saturated rings. The molecule has 4 aromatic carbocycles. The fraction of sp³-hybridized carbons (Fsp3) is 0.381. The number of piperazine rings is 2. The van der Waals surface area contributed by atoms with Crippen molar-refractivity contribution >= 4 is 82.1 Å². The first-order valence-electron chi connectivity index (χ1n) is 20.1. The lowest BCUT2D eigenvalue weighted by atomic mass is 9.84. The zero-order valence-electron chi connectivity index (χ0n) is 34.8. The van der Waals surface area contributed by atoms with Crippen LogP contribution < -0.4 is 39.0 Å². The van der Waals surface area contributed by atoms with Gasteiger partial charge in [-0.2, -0.15) is 0 Å². The highest BCUT2D eigenvalue weighted by Gasteiger charge is 2.29. The van der Waals surface area contributed by atoms with Crippen molar-refractivity contribution < 1.29 is 38.6 Å². The van der Waals surface area contributed by atoms with Gasteiger partial charge in [0.05, 0.1) is 38.7 Å². The van der Waals surface area contributed by atoms with E-state index in [0.29, 0.717) is 46.1 Å². The Labute approximate surface area is 376 Å². The topological polar surface area (TPSA) is 140 Å². The number of fused-ring (bicyclic) bond motifs is 2. The van der Waals surface area contributed by atoms with Gasteiger partial charge in [-0.1, -0.05) is 39.1 Å². The predicted molar refractivity (Wildman–Crippen MR) is 246 cm³/mol. The molecular formula is C42H51B2BrCl2N6O8. The first-order valence-corrected chi connectivity index (χ1v) is 21.6. The summed E-state index contributed by atoms with van der Waals surface area (Å²) >= 11 is 15.9. The molecule has 4 aliphatic heterocycles. The van der Waals surface area contributed by atoms with Crippen LogP contribution in [0, 0.1) is 0 Å². The second kappa shape index (κ2) is 21.7. The van der Waals surface area contributed by atoms with Crippen molar-refractivity contribution in [3.8, 4) is 23.0 Å². The molecule has 3 N–H and O–H groups in total. The Kier molecular flexibility index (Phi) is 16.5. The molecule has 324 valence electrons. The quantitative estimate of drug-likeness (QED) is 0.182. The third-order valence-corrected chi connectivity index (χ3v) is 11.5. The normalized spacial score (nSPS) is 16.4. The van der Waals surface area contributed by atoms with Crippen molar-refractivity contribution in [2.45, 2.75) is 26.7 Å². The summed E-state index contributed by atoms with van der Waals surface area (Å²) in [7, 11) is 2.49. The number of rotatable bonds is 9. The summed E-state index contributed by atoms with van der Waals surface area (Å²) in [6, 6.07) is 22.4. The Bertz CT molecular complexity index is 2130. The lowest BCUT2D eigenvalue weighted by Crippen LogP contribution is -2.51. The number of carbonyl (C=O) groups excluding carboxylic acids is 2. The van der Waals surface area contributed by atoms with Gasteiger partial charge in [-0.15, -0.1) is 0 Å². The molecule has 0 aliphatic carbocycles. The number of benzene rings is 4. The van der Waals surface area contributed by atoms with Crippen LogP contribution in [0.4, 0.5) is 17.1 Å². The van der Waals surface area contributed by atoms with E-state index in [1.165, 1.54) is 0 Å². The van der Waals surface area contributed by atoms with Gasteiger partial charge in [0.2, 0.25) is 0 Å². The van der Waals surface area contributed by atoms with Crippen molar-refractivity contribution in [2.75, 3.05) is 94.5 Å². The molecule has 0 radical (unpaired) electrons. The van der Waals surface area contributed by atoms with Gasteiger partial charge in [0.1, 0.15) is 23.0 Å². The Balaban J connectivity index is 0.000000175. The lowest BCUT2D eigenvalue weighted by Gasteiger charge is -2.37. The maximum absolute atomic E-state index is 12.6. The largest absolute Gasteiger partial charge is 0.497 e. The molecule has 0 aromatic heterocycles.